The molecule has 3 rings (SSSR count). The van der Waals surface area contributed by atoms with E-state index >= 15 is 0 Å². The largest absolute Gasteiger partial charge is 0.485 e. The van der Waals surface area contributed by atoms with Crippen LogP contribution in [0.4, 0.5) is 0 Å². The van der Waals surface area contributed by atoms with Gasteiger partial charge in [0.2, 0.25) is 0 Å². The fourth-order valence-electron chi connectivity index (χ4n) is 2.15. The quantitative estimate of drug-likeness (QED) is 0.799. The number of carboxylic acid groups (broad SMARTS) is 1. The van der Waals surface area contributed by atoms with E-state index in [1.807, 2.05) is 37.3 Å². The standard InChI is InChI=1S/C16H14N2O3/c1-11-8-18-9-13(16(19)20)7-14(15(18)17-11)21-10-12-5-3-2-4-6-12/h2-9H,10H2,1H3,(H,19,20). The fraction of sp³-hybridized carbons (Fsp3) is 0.125. The summed E-state index contributed by atoms with van der Waals surface area (Å²) in [5.41, 5.74) is 2.61. The van der Waals surface area contributed by atoms with Crippen LogP contribution in [0, 0.1) is 6.92 Å². The van der Waals surface area contributed by atoms with Gasteiger partial charge in [0.1, 0.15) is 6.61 Å². The van der Waals surface area contributed by atoms with Gasteiger partial charge in [-0.3, -0.25) is 0 Å². The number of aromatic nitrogens is 2. The Kier molecular flexibility index (Phi) is 3.31. The highest BCUT2D eigenvalue weighted by Crippen LogP contribution is 2.22. The number of imidazole rings is 1. The number of aromatic carboxylic acids is 1. The first-order chi connectivity index (χ1) is 10.1. The maximum Gasteiger partial charge on any atom is 0.337 e. The van der Waals surface area contributed by atoms with Crippen molar-refractivity contribution in [1.82, 2.24) is 9.38 Å². The third kappa shape index (κ3) is 2.72. The van der Waals surface area contributed by atoms with Gasteiger partial charge in [0.25, 0.3) is 0 Å². The molecule has 0 aliphatic heterocycles. The van der Waals surface area contributed by atoms with Gasteiger partial charge in [0.05, 0.1) is 11.3 Å². The second kappa shape index (κ2) is 5.28. The molecule has 0 atom stereocenters. The number of fused-ring (bicyclic) bond motifs is 1. The fourth-order valence-corrected chi connectivity index (χ4v) is 2.15. The van der Waals surface area contributed by atoms with Crippen molar-refractivity contribution in [3.8, 4) is 5.75 Å². The van der Waals surface area contributed by atoms with Crippen LogP contribution in [0.15, 0.2) is 48.8 Å². The Morgan fingerprint density at radius 2 is 2.05 bits per heavy atom. The van der Waals surface area contributed by atoms with Gasteiger partial charge >= 0.3 is 5.97 Å². The molecule has 0 amide bonds. The molecule has 0 bridgehead atoms. The minimum Gasteiger partial charge on any atom is -0.485 e. The SMILES string of the molecule is Cc1cn2cc(C(=O)O)cc(OCc3ccccc3)c2n1. The van der Waals surface area contributed by atoms with Crippen molar-refractivity contribution in [2.24, 2.45) is 0 Å². The lowest BCUT2D eigenvalue weighted by atomic mass is 10.2. The molecule has 1 aromatic carbocycles. The topological polar surface area (TPSA) is 63.8 Å². The van der Waals surface area contributed by atoms with E-state index in [1.54, 1.807) is 10.6 Å². The predicted octanol–water partition coefficient (Wildman–Crippen LogP) is 2.92. The van der Waals surface area contributed by atoms with E-state index in [2.05, 4.69) is 4.98 Å². The van der Waals surface area contributed by atoms with Crippen LogP contribution in [0.25, 0.3) is 5.65 Å². The zero-order valence-electron chi connectivity index (χ0n) is 11.5. The molecule has 21 heavy (non-hydrogen) atoms. The summed E-state index contributed by atoms with van der Waals surface area (Å²) in [6, 6.07) is 11.2. The summed E-state index contributed by atoms with van der Waals surface area (Å²) in [7, 11) is 0. The highest BCUT2D eigenvalue weighted by molar-refractivity contribution is 5.88. The third-order valence-electron chi connectivity index (χ3n) is 3.12. The molecule has 5 nitrogen and oxygen atoms in total. The van der Waals surface area contributed by atoms with Gasteiger partial charge in [-0.15, -0.1) is 0 Å². The molecule has 0 saturated carbocycles. The van der Waals surface area contributed by atoms with Crippen LogP contribution in [0.3, 0.4) is 0 Å². The number of hydrogen-bond acceptors (Lipinski definition) is 3. The van der Waals surface area contributed by atoms with E-state index in [0.717, 1.165) is 11.3 Å². The van der Waals surface area contributed by atoms with Gasteiger partial charge in [0, 0.05) is 18.5 Å². The van der Waals surface area contributed by atoms with Crippen LogP contribution in [-0.2, 0) is 6.61 Å². The van der Waals surface area contributed by atoms with Gasteiger partial charge in [0.15, 0.2) is 11.4 Å². The summed E-state index contributed by atoms with van der Waals surface area (Å²) in [6.07, 6.45) is 3.31. The average molecular weight is 282 g/mol. The number of rotatable bonds is 4. The molecule has 0 aliphatic rings. The zero-order chi connectivity index (χ0) is 14.8. The van der Waals surface area contributed by atoms with Crippen LogP contribution in [-0.4, -0.2) is 20.5 Å². The molecule has 3 aromatic rings. The number of carbonyl (C=O) groups is 1. The van der Waals surface area contributed by atoms with Gasteiger partial charge in [-0.1, -0.05) is 30.3 Å². The van der Waals surface area contributed by atoms with Crippen LogP contribution >= 0.6 is 0 Å². The Balaban J connectivity index is 1.97. The van der Waals surface area contributed by atoms with Crippen molar-refractivity contribution in [1.29, 1.82) is 0 Å². The first-order valence-electron chi connectivity index (χ1n) is 6.53. The predicted molar refractivity (Wildman–Crippen MR) is 77.7 cm³/mol. The summed E-state index contributed by atoms with van der Waals surface area (Å²) in [4.78, 5) is 15.6. The van der Waals surface area contributed by atoms with Crippen molar-refractivity contribution in [2.45, 2.75) is 13.5 Å². The third-order valence-corrected chi connectivity index (χ3v) is 3.12. The van der Waals surface area contributed by atoms with E-state index < -0.39 is 5.97 Å². The molecule has 0 saturated heterocycles. The van der Waals surface area contributed by atoms with Gasteiger partial charge in [-0.25, -0.2) is 9.78 Å². The second-order valence-corrected chi connectivity index (χ2v) is 4.79. The van der Waals surface area contributed by atoms with Gasteiger partial charge < -0.3 is 14.2 Å². The molecule has 0 spiro atoms. The lowest BCUT2D eigenvalue weighted by molar-refractivity contribution is 0.0695. The summed E-state index contributed by atoms with van der Waals surface area (Å²) in [6.45, 7) is 2.22. The Hall–Kier alpha value is -2.82. The molecule has 5 heteroatoms. The monoisotopic (exact) mass is 282 g/mol. The van der Waals surface area contributed by atoms with Crippen molar-refractivity contribution in [3.63, 3.8) is 0 Å². The number of carboxylic acids is 1. The Bertz CT molecular complexity index is 794. The molecule has 1 N–H and O–H groups in total. The zero-order valence-corrected chi connectivity index (χ0v) is 11.5. The highest BCUT2D eigenvalue weighted by Gasteiger charge is 2.12. The maximum atomic E-state index is 11.2. The van der Waals surface area contributed by atoms with Crippen LogP contribution < -0.4 is 4.74 Å². The lowest BCUT2D eigenvalue weighted by Crippen LogP contribution is -2.03. The average Bonchev–Trinajstić information content (AvgIpc) is 2.86. The first-order valence-corrected chi connectivity index (χ1v) is 6.53. The Morgan fingerprint density at radius 3 is 2.76 bits per heavy atom. The molecular formula is C16H14N2O3. The van der Waals surface area contributed by atoms with E-state index in [4.69, 9.17) is 4.74 Å². The Morgan fingerprint density at radius 1 is 1.29 bits per heavy atom. The first kappa shape index (κ1) is 13.2. The molecule has 0 radical (unpaired) electrons. The van der Waals surface area contributed by atoms with Crippen LogP contribution in [0.1, 0.15) is 21.6 Å². The number of hydrogen-bond donors (Lipinski definition) is 1. The van der Waals surface area contributed by atoms with Crippen molar-refractivity contribution in [2.75, 3.05) is 0 Å². The smallest absolute Gasteiger partial charge is 0.337 e. The summed E-state index contributed by atoms with van der Waals surface area (Å²) in [5, 5.41) is 9.17. The lowest BCUT2D eigenvalue weighted by Gasteiger charge is -2.08. The van der Waals surface area contributed by atoms with E-state index in [9.17, 15) is 9.90 Å². The number of nitrogens with zero attached hydrogens (tertiary/aromatic N) is 2. The molecule has 0 unspecified atom stereocenters. The maximum absolute atomic E-state index is 11.2. The molecule has 0 fully saturated rings. The van der Waals surface area contributed by atoms with Crippen molar-refractivity contribution >= 4 is 11.6 Å². The molecular weight excluding hydrogens is 268 g/mol. The van der Waals surface area contributed by atoms with Crippen LogP contribution in [0.5, 0.6) is 5.75 Å². The van der Waals surface area contributed by atoms with E-state index in [0.29, 0.717) is 18.0 Å². The minimum atomic E-state index is -0.993. The minimum absolute atomic E-state index is 0.169. The van der Waals surface area contributed by atoms with Gasteiger partial charge in [-0.05, 0) is 12.5 Å². The van der Waals surface area contributed by atoms with Crippen LogP contribution in [0.2, 0.25) is 0 Å². The molecule has 106 valence electrons. The van der Waals surface area contributed by atoms with E-state index in [1.165, 1.54) is 12.3 Å². The van der Waals surface area contributed by atoms with Gasteiger partial charge in [-0.2, -0.15) is 0 Å². The number of pyridine rings is 1. The van der Waals surface area contributed by atoms with Crippen molar-refractivity contribution in [3.05, 3.63) is 65.6 Å². The molecule has 2 heterocycles. The number of aryl methyl sites for hydroxylation is 1. The summed E-state index contributed by atoms with van der Waals surface area (Å²) < 4.78 is 7.44. The Labute approximate surface area is 121 Å². The normalized spacial score (nSPS) is 10.7. The molecule has 2 aromatic heterocycles. The van der Waals surface area contributed by atoms with E-state index in [-0.39, 0.29) is 5.56 Å². The molecule has 0 aliphatic carbocycles. The second-order valence-electron chi connectivity index (χ2n) is 4.79. The number of benzene rings is 1. The number of ether oxygens (including phenoxy) is 1. The summed E-state index contributed by atoms with van der Waals surface area (Å²) in [5.74, 6) is -0.528. The summed E-state index contributed by atoms with van der Waals surface area (Å²) >= 11 is 0. The van der Waals surface area contributed by atoms with Crippen molar-refractivity contribution < 1.29 is 14.6 Å². The highest BCUT2D eigenvalue weighted by atomic mass is 16.5.